The van der Waals surface area contributed by atoms with Gasteiger partial charge in [-0.1, -0.05) is 15.9 Å². The maximum absolute atomic E-state index is 13.1. The summed E-state index contributed by atoms with van der Waals surface area (Å²) in [6, 6.07) is 9.23. The predicted molar refractivity (Wildman–Crippen MR) is 82.3 cm³/mol. The summed E-state index contributed by atoms with van der Waals surface area (Å²) in [4.78, 5) is 12.2. The predicted octanol–water partition coefficient (Wildman–Crippen LogP) is 4.14. The van der Waals surface area contributed by atoms with Crippen LogP contribution in [0.4, 0.5) is 10.1 Å². The molecule has 0 aliphatic carbocycles. The molecule has 2 aromatic rings. The highest BCUT2D eigenvalue weighted by molar-refractivity contribution is 9.10. The maximum Gasteiger partial charge on any atom is 0.255 e. The van der Waals surface area contributed by atoms with Crippen molar-refractivity contribution in [3.05, 3.63) is 52.3 Å². The summed E-state index contributed by atoms with van der Waals surface area (Å²) >= 11 is 7.28. The van der Waals surface area contributed by atoms with Crippen molar-refractivity contribution in [3.63, 3.8) is 0 Å². The summed E-state index contributed by atoms with van der Waals surface area (Å²) < 4.78 is 19.1. The molecule has 0 spiro atoms. The minimum absolute atomic E-state index is 0.124. The van der Waals surface area contributed by atoms with Crippen LogP contribution >= 0.6 is 28.6 Å². The SMILES string of the molecule is COc1ccc(Br)cc1NC(=O)c1ccc(F)c(S)c1. The standard InChI is InChI=1S/C14H11BrFNO2S/c1-19-12-5-3-9(15)7-11(12)17-14(18)8-2-4-10(16)13(20)6-8/h2-7,20H,1H3,(H,17,18). The van der Waals surface area contributed by atoms with Crippen LogP contribution in [0.15, 0.2) is 45.8 Å². The number of carbonyl (C=O) groups is 1. The molecule has 0 radical (unpaired) electrons. The van der Waals surface area contributed by atoms with Crippen LogP contribution in [0.2, 0.25) is 0 Å². The van der Waals surface area contributed by atoms with E-state index in [0.717, 1.165) is 4.47 Å². The van der Waals surface area contributed by atoms with E-state index < -0.39 is 5.82 Å². The molecule has 6 heteroatoms. The molecule has 0 heterocycles. The van der Waals surface area contributed by atoms with Crippen molar-refractivity contribution in [1.29, 1.82) is 0 Å². The van der Waals surface area contributed by atoms with Crippen LogP contribution in [-0.2, 0) is 0 Å². The lowest BCUT2D eigenvalue weighted by molar-refractivity contribution is 0.102. The number of halogens is 2. The van der Waals surface area contributed by atoms with E-state index in [1.165, 1.54) is 25.3 Å². The molecule has 0 fully saturated rings. The Bertz CT molecular complexity index is 664. The zero-order valence-corrected chi connectivity index (χ0v) is 13.0. The van der Waals surface area contributed by atoms with E-state index in [1.54, 1.807) is 18.2 Å². The molecule has 0 unspecified atom stereocenters. The van der Waals surface area contributed by atoms with Gasteiger partial charge in [-0.3, -0.25) is 4.79 Å². The molecule has 0 saturated carbocycles. The largest absolute Gasteiger partial charge is 0.495 e. The Labute approximate surface area is 129 Å². The number of benzene rings is 2. The molecule has 0 atom stereocenters. The fourth-order valence-electron chi connectivity index (χ4n) is 1.63. The Kier molecular flexibility index (Phi) is 4.67. The third-order valence-electron chi connectivity index (χ3n) is 2.62. The third kappa shape index (κ3) is 3.32. The number of ether oxygens (including phenoxy) is 1. The minimum atomic E-state index is -0.468. The Hall–Kier alpha value is -1.53. The van der Waals surface area contributed by atoms with Crippen LogP contribution in [0, 0.1) is 5.82 Å². The summed E-state index contributed by atoms with van der Waals surface area (Å²) in [6.45, 7) is 0. The quantitative estimate of drug-likeness (QED) is 0.812. The van der Waals surface area contributed by atoms with Crippen molar-refractivity contribution in [3.8, 4) is 5.75 Å². The molecule has 20 heavy (non-hydrogen) atoms. The summed E-state index contributed by atoms with van der Waals surface area (Å²) in [5.41, 5.74) is 0.843. The van der Waals surface area contributed by atoms with Crippen LogP contribution in [0.1, 0.15) is 10.4 Å². The van der Waals surface area contributed by atoms with E-state index in [9.17, 15) is 9.18 Å². The first kappa shape index (κ1) is 14.9. The molecule has 1 N–H and O–H groups in total. The lowest BCUT2D eigenvalue weighted by atomic mass is 10.2. The monoisotopic (exact) mass is 355 g/mol. The highest BCUT2D eigenvalue weighted by Gasteiger charge is 2.11. The van der Waals surface area contributed by atoms with Crippen molar-refractivity contribution in [2.45, 2.75) is 4.90 Å². The molecule has 1 amide bonds. The van der Waals surface area contributed by atoms with Gasteiger partial charge in [0.1, 0.15) is 11.6 Å². The number of anilines is 1. The van der Waals surface area contributed by atoms with E-state index in [-0.39, 0.29) is 10.8 Å². The van der Waals surface area contributed by atoms with Gasteiger partial charge in [0.25, 0.3) is 5.91 Å². The molecule has 3 nitrogen and oxygen atoms in total. The molecular formula is C14H11BrFNO2S. The average molecular weight is 356 g/mol. The normalized spacial score (nSPS) is 10.2. The third-order valence-corrected chi connectivity index (χ3v) is 3.45. The number of rotatable bonds is 3. The van der Waals surface area contributed by atoms with Crippen LogP contribution in [0.5, 0.6) is 5.75 Å². The zero-order valence-electron chi connectivity index (χ0n) is 10.5. The highest BCUT2D eigenvalue weighted by Crippen LogP contribution is 2.28. The van der Waals surface area contributed by atoms with Crippen molar-refractivity contribution in [1.82, 2.24) is 0 Å². The first-order chi connectivity index (χ1) is 9.51. The van der Waals surface area contributed by atoms with Crippen molar-refractivity contribution >= 4 is 40.2 Å². The van der Waals surface area contributed by atoms with E-state index in [1.807, 2.05) is 0 Å². The molecule has 0 aliphatic rings. The van der Waals surface area contributed by atoms with Gasteiger partial charge in [-0.25, -0.2) is 4.39 Å². The summed E-state index contributed by atoms with van der Waals surface area (Å²) in [6.07, 6.45) is 0. The highest BCUT2D eigenvalue weighted by atomic mass is 79.9. The first-order valence-corrected chi connectivity index (χ1v) is 6.88. The van der Waals surface area contributed by atoms with Crippen molar-refractivity contribution in [2.75, 3.05) is 12.4 Å². The molecular weight excluding hydrogens is 345 g/mol. The number of amides is 1. The van der Waals surface area contributed by atoms with Crippen LogP contribution in [-0.4, -0.2) is 13.0 Å². The minimum Gasteiger partial charge on any atom is -0.495 e. The molecule has 0 aromatic heterocycles. The van der Waals surface area contributed by atoms with E-state index in [4.69, 9.17) is 4.74 Å². The summed E-state index contributed by atoms with van der Waals surface area (Å²) in [5, 5.41) is 2.71. The summed E-state index contributed by atoms with van der Waals surface area (Å²) in [5.74, 6) is -0.295. The zero-order chi connectivity index (χ0) is 14.7. The fraction of sp³-hybridized carbons (Fsp3) is 0.0714. The summed E-state index contributed by atoms with van der Waals surface area (Å²) in [7, 11) is 1.52. The number of thiol groups is 1. The van der Waals surface area contributed by atoms with Crippen molar-refractivity contribution < 1.29 is 13.9 Å². The Morgan fingerprint density at radius 1 is 1.30 bits per heavy atom. The maximum atomic E-state index is 13.1. The van der Waals surface area contributed by atoms with E-state index in [2.05, 4.69) is 33.9 Å². The van der Waals surface area contributed by atoms with Gasteiger partial charge in [-0.2, -0.15) is 0 Å². The molecule has 104 valence electrons. The Balaban J connectivity index is 2.27. The smallest absolute Gasteiger partial charge is 0.255 e. The average Bonchev–Trinajstić information content (AvgIpc) is 2.42. The number of carbonyl (C=O) groups excluding carboxylic acids is 1. The number of hydrogen-bond acceptors (Lipinski definition) is 3. The van der Waals surface area contributed by atoms with Crippen LogP contribution < -0.4 is 10.1 Å². The van der Waals surface area contributed by atoms with E-state index >= 15 is 0 Å². The Morgan fingerprint density at radius 2 is 2.05 bits per heavy atom. The lowest BCUT2D eigenvalue weighted by Crippen LogP contribution is -2.12. The van der Waals surface area contributed by atoms with Gasteiger partial charge < -0.3 is 10.1 Å². The Morgan fingerprint density at radius 3 is 2.70 bits per heavy atom. The van der Waals surface area contributed by atoms with Gasteiger partial charge in [0.05, 0.1) is 12.8 Å². The number of nitrogens with one attached hydrogen (secondary N) is 1. The van der Waals surface area contributed by atoms with Crippen molar-refractivity contribution in [2.24, 2.45) is 0 Å². The van der Waals surface area contributed by atoms with Crippen LogP contribution in [0.3, 0.4) is 0 Å². The molecule has 2 aromatic carbocycles. The van der Waals surface area contributed by atoms with Gasteiger partial charge in [-0.15, -0.1) is 12.6 Å². The van der Waals surface area contributed by atoms with E-state index in [0.29, 0.717) is 17.0 Å². The molecule has 0 saturated heterocycles. The fourth-order valence-corrected chi connectivity index (χ4v) is 2.20. The van der Waals surface area contributed by atoms with Gasteiger partial charge in [-0.05, 0) is 36.4 Å². The second kappa shape index (κ2) is 6.28. The van der Waals surface area contributed by atoms with Gasteiger partial charge in [0.15, 0.2) is 0 Å². The lowest BCUT2D eigenvalue weighted by Gasteiger charge is -2.11. The second-order valence-electron chi connectivity index (χ2n) is 3.96. The van der Waals surface area contributed by atoms with Gasteiger partial charge >= 0.3 is 0 Å². The molecule has 0 aliphatic heterocycles. The van der Waals surface area contributed by atoms with Gasteiger partial charge in [0, 0.05) is 14.9 Å². The molecule has 2 rings (SSSR count). The topological polar surface area (TPSA) is 38.3 Å². The first-order valence-electron chi connectivity index (χ1n) is 5.64. The molecule has 0 bridgehead atoms. The number of hydrogen-bond donors (Lipinski definition) is 2. The number of methoxy groups -OCH3 is 1. The van der Waals surface area contributed by atoms with Crippen LogP contribution in [0.25, 0.3) is 0 Å². The van der Waals surface area contributed by atoms with Gasteiger partial charge in [0.2, 0.25) is 0 Å². The second-order valence-corrected chi connectivity index (χ2v) is 5.36.